The molecule has 0 saturated heterocycles. The first-order valence-electron chi connectivity index (χ1n) is 8.06. The molecule has 0 aliphatic carbocycles. The third kappa shape index (κ3) is 3.30. The molecule has 0 amide bonds. The van der Waals surface area contributed by atoms with E-state index in [0.717, 1.165) is 35.5 Å². The molecule has 2 aromatic carbocycles. The van der Waals surface area contributed by atoms with Gasteiger partial charge in [0.1, 0.15) is 0 Å². The van der Waals surface area contributed by atoms with E-state index in [1.807, 2.05) is 24.3 Å². The Kier molecular flexibility index (Phi) is 5.49. The largest absolute Gasteiger partial charge is 0.330 e. The molecule has 1 atom stereocenters. The summed E-state index contributed by atoms with van der Waals surface area (Å²) in [5.41, 5.74) is 4.03. The highest BCUT2D eigenvalue weighted by atomic mass is 35.5. The molecule has 7 heteroatoms. The van der Waals surface area contributed by atoms with Crippen LogP contribution in [0.4, 0.5) is 0 Å². The SMILES string of the molecule is CN1Cc2c(Cl)cc(Cl)cc2C(c2ccccc2-n2cc[nH]c2=O)C1.Cl. The normalized spacial score (nSPS) is 16.8. The van der Waals surface area contributed by atoms with Crippen LogP contribution in [0.15, 0.2) is 53.6 Å². The Morgan fingerprint density at radius 1 is 1.15 bits per heavy atom. The van der Waals surface area contributed by atoms with Crippen LogP contribution in [0.25, 0.3) is 5.69 Å². The third-order valence-electron chi connectivity index (χ3n) is 4.71. The molecule has 136 valence electrons. The molecular formula is C19H18Cl3N3O. The van der Waals surface area contributed by atoms with Crippen LogP contribution in [0.1, 0.15) is 22.6 Å². The first-order valence-corrected chi connectivity index (χ1v) is 8.82. The van der Waals surface area contributed by atoms with Gasteiger partial charge in [-0.25, -0.2) is 4.79 Å². The number of fused-ring (bicyclic) bond motifs is 1. The number of para-hydroxylation sites is 1. The van der Waals surface area contributed by atoms with Gasteiger partial charge in [-0.15, -0.1) is 12.4 Å². The molecule has 1 unspecified atom stereocenters. The van der Waals surface area contributed by atoms with Crippen molar-refractivity contribution in [2.24, 2.45) is 0 Å². The fraction of sp³-hybridized carbons (Fsp3) is 0.211. The van der Waals surface area contributed by atoms with Crippen molar-refractivity contribution in [2.45, 2.75) is 12.5 Å². The van der Waals surface area contributed by atoms with E-state index in [2.05, 4.69) is 23.0 Å². The topological polar surface area (TPSA) is 41.0 Å². The number of rotatable bonds is 2. The van der Waals surface area contributed by atoms with Crippen LogP contribution in [0.3, 0.4) is 0 Å². The van der Waals surface area contributed by atoms with E-state index < -0.39 is 0 Å². The Morgan fingerprint density at radius 3 is 2.65 bits per heavy atom. The molecule has 1 N–H and O–H groups in total. The molecule has 26 heavy (non-hydrogen) atoms. The lowest BCUT2D eigenvalue weighted by Gasteiger charge is -2.34. The number of hydrogen-bond donors (Lipinski definition) is 1. The summed E-state index contributed by atoms with van der Waals surface area (Å²) in [6, 6.07) is 11.8. The summed E-state index contributed by atoms with van der Waals surface area (Å²) >= 11 is 12.7. The summed E-state index contributed by atoms with van der Waals surface area (Å²) in [5.74, 6) is 0.0861. The van der Waals surface area contributed by atoms with Crippen molar-refractivity contribution in [1.29, 1.82) is 0 Å². The minimum Gasteiger partial charge on any atom is -0.312 e. The average molecular weight is 411 g/mol. The second kappa shape index (κ2) is 7.49. The molecule has 4 rings (SSSR count). The van der Waals surface area contributed by atoms with Crippen LogP contribution in [0.2, 0.25) is 10.0 Å². The minimum absolute atomic E-state index is 0. The lowest BCUT2D eigenvalue weighted by Crippen LogP contribution is -2.32. The molecule has 0 bridgehead atoms. The van der Waals surface area contributed by atoms with Crippen LogP contribution in [-0.2, 0) is 6.54 Å². The summed E-state index contributed by atoms with van der Waals surface area (Å²) in [6.07, 6.45) is 3.40. The number of benzene rings is 2. The van der Waals surface area contributed by atoms with E-state index in [1.54, 1.807) is 23.0 Å². The van der Waals surface area contributed by atoms with Crippen molar-refractivity contribution in [2.75, 3.05) is 13.6 Å². The summed E-state index contributed by atoms with van der Waals surface area (Å²) in [7, 11) is 2.08. The fourth-order valence-corrected chi connectivity index (χ4v) is 4.19. The van der Waals surface area contributed by atoms with Crippen LogP contribution in [0.5, 0.6) is 0 Å². The monoisotopic (exact) mass is 409 g/mol. The van der Waals surface area contributed by atoms with Crippen molar-refractivity contribution in [3.63, 3.8) is 0 Å². The van der Waals surface area contributed by atoms with Crippen molar-refractivity contribution in [3.8, 4) is 5.69 Å². The van der Waals surface area contributed by atoms with E-state index in [-0.39, 0.29) is 24.0 Å². The maximum atomic E-state index is 12.1. The summed E-state index contributed by atoms with van der Waals surface area (Å²) in [5, 5.41) is 1.32. The van der Waals surface area contributed by atoms with Gasteiger partial charge in [-0.3, -0.25) is 4.57 Å². The molecule has 0 spiro atoms. The van der Waals surface area contributed by atoms with Crippen LogP contribution in [0, 0.1) is 0 Å². The second-order valence-corrected chi connectivity index (χ2v) is 7.24. The van der Waals surface area contributed by atoms with Crippen molar-refractivity contribution >= 4 is 35.6 Å². The second-order valence-electron chi connectivity index (χ2n) is 6.40. The molecule has 4 nitrogen and oxygen atoms in total. The fourth-order valence-electron chi connectivity index (χ4n) is 3.62. The quantitative estimate of drug-likeness (QED) is 0.677. The van der Waals surface area contributed by atoms with Crippen molar-refractivity contribution in [1.82, 2.24) is 14.5 Å². The zero-order chi connectivity index (χ0) is 17.6. The first kappa shape index (κ1) is 19.1. The highest BCUT2D eigenvalue weighted by molar-refractivity contribution is 6.35. The highest BCUT2D eigenvalue weighted by Gasteiger charge is 2.29. The number of halogens is 3. The van der Waals surface area contributed by atoms with Gasteiger partial charge < -0.3 is 9.88 Å². The number of aromatic amines is 1. The Balaban J connectivity index is 0.00000196. The van der Waals surface area contributed by atoms with Gasteiger partial charge in [0, 0.05) is 41.4 Å². The molecule has 2 heterocycles. The van der Waals surface area contributed by atoms with E-state index in [9.17, 15) is 4.79 Å². The predicted octanol–water partition coefficient (Wildman–Crippen LogP) is 4.47. The van der Waals surface area contributed by atoms with E-state index in [0.29, 0.717) is 10.0 Å². The van der Waals surface area contributed by atoms with Gasteiger partial charge >= 0.3 is 5.69 Å². The third-order valence-corrected chi connectivity index (χ3v) is 5.27. The number of hydrogen-bond acceptors (Lipinski definition) is 2. The van der Waals surface area contributed by atoms with Crippen LogP contribution >= 0.6 is 35.6 Å². The number of nitrogens with one attached hydrogen (secondary N) is 1. The minimum atomic E-state index is -0.152. The number of aromatic nitrogens is 2. The Bertz CT molecular complexity index is 996. The smallest absolute Gasteiger partial charge is 0.312 e. The maximum absolute atomic E-state index is 12.1. The molecular weight excluding hydrogens is 393 g/mol. The molecule has 1 aliphatic rings. The van der Waals surface area contributed by atoms with Crippen LogP contribution < -0.4 is 5.69 Å². The van der Waals surface area contributed by atoms with Gasteiger partial charge in [-0.1, -0.05) is 41.4 Å². The van der Waals surface area contributed by atoms with E-state index in [4.69, 9.17) is 23.2 Å². The summed E-state index contributed by atoms with van der Waals surface area (Å²) in [4.78, 5) is 17.1. The van der Waals surface area contributed by atoms with E-state index in [1.165, 1.54) is 0 Å². The Hall–Kier alpha value is -1.72. The van der Waals surface area contributed by atoms with Gasteiger partial charge in [0.2, 0.25) is 0 Å². The zero-order valence-corrected chi connectivity index (χ0v) is 16.4. The van der Waals surface area contributed by atoms with Gasteiger partial charge in [0.05, 0.1) is 5.69 Å². The van der Waals surface area contributed by atoms with Gasteiger partial charge in [-0.05, 0) is 41.9 Å². The Labute approximate surface area is 167 Å². The molecule has 0 saturated carbocycles. The van der Waals surface area contributed by atoms with Crippen molar-refractivity contribution in [3.05, 3.63) is 86.0 Å². The molecule has 3 aromatic rings. The molecule has 1 aromatic heterocycles. The zero-order valence-electron chi connectivity index (χ0n) is 14.1. The summed E-state index contributed by atoms with van der Waals surface area (Å²) in [6.45, 7) is 1.62. The highest BCUT2D eigenvalue weighted by Crippen LogP contribution is 2.39. The average Bonchev–Trinajstić information content (AvgIpc) is 3.01. The number of nitrogens with zero attached hydrogens (tertiary/aromatic N) is 2. The summed E-state index contributed by atoms with van der Waals surface area (Å²) < 4.78 is 1.63. The molecule has 0 fully saturated rings. The first-order chi connectivity index (χ1) is 12.0. The standard InChI is InChI=1S/C19H17Cl2N3O.ClH/c1-23-10-15(14-8-12(20)9-17(21)16(14)11-23)13-4-2-3-5-18(13)24-7-6-22-19(24)25;/h2-9,15H,10-11H2,1H3,(H,22,25);1H. The Morgan fingerprint density at radius 2 is 1.92 bits per heavy atom. The lowest BCUT2D eigenvalue weighted by atomic mass is 9.84. The van der Waals surface area contributed by atoms with E-state index >= 15 is 0 Å². The van der Waals surface area contributed by atoms with Crippen LogP contribution in [-0.4, -0.2) is 28.0 Å². The van der Waals surface area contributed by atoms with Gasteiger partial charge in [-0.2, -0.15) is 0 Å². The lowest BCUT2D eigenvalue weighted by molar-refractivity contribution is 0.295. The number of H-pyrrole nitrogens is 1. The molecule has 1 aliphatic heterocycles. The van der Waals surface area contributed by atoms with Gasteiger partial charge in [0.15, 0.2) is 0 Å². The number of imidazole rings is 1. The van der Waals surface area contributed by atoms with Gasteiger partial charge in [0.25, 0.3) is 0 Å². The molecule has 0 radical (unpaired) electrons. The predicted molar refractivity (Wildman–Crippen MR) is 108 cm³/mol. The van der Waals surface area contributed by atoms with Crippen molar-refractivity contribution < 1.29 is 0 Å². The maximum Gasteiger partial charge on any atom is 0.330 e. The number of likely N-dealkylation sites (N-methyl/N-ethyl adjacent to an activating group) is 1.